The number of esters is 1. The van der Waals surface area contributed by atoms with Crippen LogP contribution in [0.4, 0.5) is 4.39 Å². The summed E-state index contributed by atoms with van der Waals surface area (Å²) in [5, 5.41) is 15.9. The minimum Gasteiger partial charge on any atom is -0.508 e. The molecule has 1 aromatic rings. The van der Waals surface area contributed by atoms with E-state index < -0.39 is 17.8 Å². The lowest BCUT2D eigenvalue weighted by molar-refractivity contribution is -0.143. The zero-order valence-electron chi connectivity index (χ0n) is 10.9. The van der Waals surface area contributed by atoms with Gasteiger partial charge in [0.25, 0.3) is 0 Å². The summed E-state index contributed by atoms with van der Waals surface area (Å²) in [6.45, 7) is 0.612. The smallest absolute Gasteiger partial charge is 0.327 e. The van der Waals surface area contributed by atoms with E-state index in [1.807, 2.05) is 0 Å². The second-order valence-corrected chi connectivity index (χ2v) is 3.92. The number of halogens is 1. The molecule has 2 N–H and O–H groups in total. The lowest BCUT2D eigenvalue weighted by Gasteiger charge is -2.17. The molecule has 0 aliphatic rings. The topological polar surface area (TPSA) is 107 Å². The first-order valence-electron chi connectivity index (χ1n) is 5.90. The molecule has 20 heavy (non-hydrogen) atoms. The highest BCUT2D eigenvalue weighted by molar-refractivity contribution is 5.78. The Hall–Kier alpha value is -2.31. The normalized spacial score (nSPS) is 11.5. The van der Waals surface area contributed by atoms with Gasteiger partial charge in [-0.15, -0.1) is 0 Å². The van der Waals surface area contributed by atoms with Crippen LogP contribution in [0.3, 0.4) is 0 Å². The van der Waals surface area contributed by atoms with E-state index in [0.29, 0.717) is 13.0 Å². The highest BCUT2D eigenvalue weighted by atomic mass is 19.1. The Bertz CT molecular complexity index is 517. The lowest BCUT2D eigenvalue weighted by atomic mass is 10.1. The summed E-state index contributed by atoms with van der Waals surface area (Å²) in [5.41, 5.74) is 8.23. The van der Waals surface area contributed by atoms with Crippen LogP contribution in [0.1, 0.15) is 18.0 Å². The first-order valence-corrected chi connectivity index (χ1v) is 5.90. The number of azide groups is 1. The summed E-state index contributed by atoms with van der Waals surface area (Å²) >= 11 is 0. The molecule has 0 saturated carbocycles. The summed E-state index contributed by atoms with van der Waals surface area (Å²) in [4.78, 5) is 14.3. The van der Waals surface area contributed by atoms with Gasteiger partial charge in [0.2, 0.25) is 0 Å². The van der Waals surface area contributed by atoms with E-state index in [9.17, 15) is 14.3 Å². The van der Waals surface area contributed by atoms with Crippen molar-refractivity contribution in [2.45, 2.75) is 12.5 Å². The van der Waals surface area contributed by atoms with Crippen molar-refractivity contribution < 1.29 is 19.0 Å². The van der Waals surface area contributed by atoms with Crippen molar-refractivity contribution in [1.82, 2.24) is 5.32 Å². The third kappa shape index (κ3) is 4.42. The fraction of sp³-hybridized carbons (Fsp3) is 0.417. The highest BCUT2D eigenvalue weighted by Crippen LogP contribution is 2.25. The molecule has 0 heterocycles. The molecule has 8 heteroatoms. The first-order chi connectivity index (χ1) is 9.60. The van der Waals surface area contributed by atoms with Gasteiger partial charge in [-0.05, 0) is 36.7 Å². The van der Waals surface area contributed by atoms with Gasteiger partial charge in [-0.2, -0.15) is 0 Å². The number of phenols is 1. The predicted octanol–water partition coefficient (Wildman–Crippen LogP) is 2.04. The molecule has 0 aromatic heterocycles. The molecule has 0 aliphatic carbocycles. The molecule has 0 radical (unpaired) electrons. The SMILES string of the molecule is COC(=O)C(NCCCN=[N+]=[N-])c1cc(F)ccc1O. The molecule has 0 bridgehead atoms. The number of methoxy groups -OCH3 is 1. The highest BCUT2D eigenvalue weighted by Gasteiger charge is 2.24. The lowest BCUT2D eigenvalue weighted by Crippen LogP contribution is -2.30. The van der Waals surface area contributed by atoms with Crippen LogP contribution in [0.15, 0.2) is 23.3 Å². The average molecular weight is 282 g/mol. The third-order valence-corrected chi connectivity index (χ3v) is 2.58. The third-order valence-electron chi connectivity index (χ3n) is 2.58. The molecule has 0 saturated heterocycles. The number of nitrogens with zero attached hydrogens (tertiary/aromatic N) is 3. The average Bonchev–Trinajstić information content (AvgIpc) is 2.45. The number of hydrogen-bond acceptors (Lipinski definition) is 5. The van der Waals surface area contributed by atoms with E-state index in [4.69, 9.17) is 5.53 Å². The maximum atomic E-state index is 13.2. The fourth-order valence-electron chi connectivity index (χ4n) is 1.64. The van der Waals surface area contributed by atoms with Crippen molar-refractivity contribution >= 4 is 5.97 Å². The number of nitrogens with one attached hydrogen (secondary N) is 1. The van der Waals surface area contributed by atoms with Crippen LogP contribution in [0, 0.1) is 5.82 Å². The van der Waals surface area contributed by atoms with Crippen molar-refractivity contribution in [2.24, 2.45) is 5.11 Å². The molecule has 1 unspecified atom stereocenters. The molecule has 0 spiro atoms. The van der Waals surface area contributed by atoms with Gasteiger partial charge < -0.3 is 15.2 Å². The number of aromatic hydroxyl groups is 1. The molecular formula is C12H15FN4O3. The van der Waals surface area contributed by atoms with Crippen LogP contribution in [-0.2, 0) is 9.53 Å². The van der Waals surface area contributed by atoms with Crippen molar-refractivity contribution in [1.29, 1.82) is 0 Å². The van der Waals surface area contributed by atoms with E-state index in [1.54, 1.807) is 0 Å². The van der Waals surface area contributed by atoms with Crippen molar-refractivity contribution in [3.05, 3.63) is 40.0 Å². The van der Waals surface area contributed by atoms with Gasteiger partial charge in [0, 0.05) is 17.0 Å². The van der Waals surface area contributed by atoms with Crippen molar-refractivity contribution in [3.63, 3.8) is 0 Å². The van der Waals surface area contributed by atoms with Gasteiger partial charge in [-0.25, -0.2) is 9.18 Å². The second kappa shape index (κ2) is 7.98. The van der Waals surface area contributed by atoms with Gasteiger partial charge in [0.1, 0.15) is 17.6 Å². The zero-order valence-corrected chi connectivity index (χ0v) is 10.9. The van der Waals surface area contributed by atoms with Gasteiger partial charge in [0.15, 0.2) is 0 Å². The van der Waals surface area contributed by atoms with Crippen LogP contribution in [0.2, 0.25) is 0 Å². The minimum absolute atomic E-state index is 0.0978. The Labute approximate surface area is 115 Å². The molecule has 7 nitrogen and oxygen atoms in total. The van der Waals surface area contributed by atoms with E-state index in [2.05, 4.69) is 20.1 Å². The maximum absolute atomic E-state index is 13.2. The van der Waals surface area contributed by atoms with Crippen LogP contribution in [-0.4, -0.2) is 31.3 Å². The van der Waals surface area contributed by atoms with Gasteiger partial charge in [0.05, 0.1) is 7.11 Å². The summed E-state index contributed by atoms with van der Waals surface area (Å²) in [7, 11) is 1.20. The molecular weight excluding hydrogens is 267 g/mol. The van der Waals surface area contributed by atoms with Crippen LogP contribution < -0.4 is 5.32 Å². The number of carbonyl (C=O) groups excluding carboxylic acids is 1. The number of carbonyl (C=O) groups is 1. The number of benzene rings is 1. The maximum Gasteiger partial charge on any atom is 0.327 e. The standard InChI is InChI=1S/C12H15FN4O3/c1-20-12(19)11(15-5-2-6-16-17-14)9-7-8(13)3-4-10(9)18/h3-4,7,11,15,18H,2,5-6H2,1H3. The van der Waals surface area contributed by atoms with E-state index in [1.165, 1.54) is 13.2 Å². The van der Waals surface area contributed by atoms with Crippen LogP contribution >= 0.6 is 0 Å². The Kier molecular flexibility index (Phi) is 6.28. The summed E-state index contributed by atoms with van der Waals surface area (Å²) in [5.74, 6) is -1.42. The number of ether oxygens (including phenoxy) is 1. The van der Waals surface area contributed by atoms with Gasteiger partial charge in [-0.1, -0.05) is 5.11 Å². The Morgan fingerprint density at radius 2 is 2.40 bits per heavy atom. The number of rotatable bonds is 7. The molecule has 1 rings (SSSR count). The van der Waals surface area contributed by atoms with Crippen LogP contribution in [0.5, 0.6) is 5.75 Å². The zero-order chi connectivity index (χ0) is 15.0. The minimum atomic E-state index is -0.984. The molecule has 0 amide bonds. The Balaban J connectivity index is 2.81. The molecule has 108 valence electrons. The van der Waals surface area contributed by atoms with Crippen molar-refractivity contribution in [3.8, 4) is 5.75 Å². The molecule has 1 aromatic carbocycles. The fourth-order valence-corrected chi connectivity index (χ4v) is 1.64. The largest absolute Gasteiger partial charge is 0.508 e. The Morgan fingerprint density at radius 1 is 1.65 bits per heavy atom. The quantitative estimate of drug-likeness (QED) is 0.262. The van der Waals surface area contributed by atoms with E-state index in [0.717, 1.165) is 12.1 Å². The van der Waals surface area contributed by atoms with E-state index in [-0.39, 0.29) is 17.9 Å². The van der Waals surface area contributed by atoms with Crippen molar-refractivity contribution in [2.75, 3.05) is 20.2 Å². The molecule has 1 atom stereocenters. The Morgan fingerprint density at radius 3 is 3.05 bits per heavy atom. The molecule has 0 aliphatic heterocycles. The monoisotopic (exact) mass is 282 g/mol. The molecule has 0 fully saturated rings. The number of hydrogen-bond donors (Lipinski definition) is 2. The second-order valence-electron chi connectivity index (χ2n) is 3.92. The summed E-state index contributed by atoms with van der Waals surface area (Å²) < 4.78 is 17.8. The van der Waals surface area contributed by atoms with Crippen LogP contribution in [0.25, 0.3) is 10.4 Å². The summed E-state index contributed by atoms with van der Waals surface area (Å²) in [6.07, 6.45) is 0.494. The number of phenolic OH excluding ortho intramolecular Hbond substituents is 1. The first kappa shape index (κ1) is 15.7. The van der Waals surface area contributed by atoms with Gasteiger partial charge in [-0.3, -0.25) is 0 Å². The van der Waals surface area contributed by atoms with E-state index >= 15 is 0 Å². The van der Waals surface area contributed by atoms with Gasteiger partial charge >= 0.3 is 5.97 Å². The summed E-state index contributed by atoms with van der Waals surface area (Å²) in [6, 6.07) is 2.34. The predicted molar refractivity (Wildman–Crippen MR) is 69.5 cm³/mol.